The first-order chi connectivity index (χ1) is 10.0. The van der Waals surface area contributed by atoms with E-state index in [1.54, 1.807) is 14.2 Å². The first kappa shape index (κ1) is 16.2. The third kappa shape index (κ3) is 3.92. The number of ether oxygens (including phenoxy) is 2. The molecule has 0 radical (unpaired) electrons. The minimum atomic E-state index is 0.191. The number of aryl methyl sites for hydroxylation is 1. The van der Waals surface area contributed by atoms with E-state index in [1.165, 1.54) is 11.1 Å². The van der Waals surface area contributed by atoms with Crippen LogP contribution >= 0.6 is 27.5 Å². The van der Waals surface area contributed by atoms with Gasteiger partial charge in [0, 0.05) is 9.85 Å². The zero-order valence-corrected chi connectivity index (χ0v) is 14.7. The predicted molar refractivity (Wildman–Crippen MR) is 91.1 cm³/mol. The molecule has 2 rings (SSSR count). The van der Waals surface area contributed by atoms with Gasteiger partial charge in [0.2, 0.25) is 0 Å². The fourth-order valence-corrected chi connectivity index (χ4v) is 3.39. The highest BCUT2D eigenvalue weighted by atomic mass is 79.9. The summed E-state index contributed by atoms with van der Waals surface area (Å²) in [7, 11) is 3.30. The van der Waals surface area contributed by atoms with Crippen LogP contribution in [-0.2, 0) is 6.42 Å². The van der Waals surface area contributed by atoms with Gasteiger partial charge in [0.15, 0.2) is 11.5 Å². The molecule has 1 unspecified atom stereocenters. The van der Waals surface area contributed by atoms with Crippen LogP contribution in [0.2, 0.25) is 5.02 Å². The van der Waals surface area contributed by atoms with Crippen LogP contribution in [-0.4, -0.2) is 14.2 Å². The number of hydrogen-bond donors (Lipinski definition) is 0. The number of hydrogen-bond acceptors (Lipinski definition) is 2. The average Bonchev–Trinajstić information content (AvgIpc) is 2.46. The molecule has 0 spiro atoms. The van der Waals surface area contributed by atoms with E-state index in [0.717, 1.165) is 28.5 Å². The van der Waals surface area contributed by atoms with Gasteiger partial charge in [0.1, 0.15) is 0 Å². The molecule has 21 heavy (non-hydrogen) atoms. The molecular formula is C17H18BrClO2. The average molecular weight is 370 g/mol. The SMILES string of the molecule is COc1cc(C)c(C(Br)Cc2cccc(Cl)c2)cc1OC. The smallest absolute Gasteiger partial charge is 0.161 e. The summed E-state index contributed by atoms with van der Waals surface area (Å²) in [5, 5.41) is 0.760. The lowest BCUT2D eigenvalue weighted by Gasteiger charge is -2.17. The molecule has 2 nitrogen and oxygen atoms in total. The van der Waals surface area contributed by atoms with Crippen LogP contribution in [0.5, 0.6) is 11.5 Å². The number of halogens is 2. The van der Waals surface area contributed by atoms with E-state index < -0.39 is 0 Å². The van der Waals surface area contributed by atoms with Crippen LogP contribution in [0.1, 0.15) is 21.5 Å². The van der Waals surface area contributed by atoms with Crippen LogP contribution in [0, 0.1) is 6.92 Å². The predicted octanol–water partition coefficient (Wildman–Crippen LogP) is 5.34. The molecule has 0 heterocycles. The van der Waals surface area contributed by atoms with Crippen LogP contribution in [0.15, 0.2) is 36.4 Å². The Labute approximate surface area is 139 Å². The van der Waals surface area contributed by atoms with Crippen molar-refractivity contribution in [1.82, 2.24) is 0 Å². The van der Waals surface area contributed by atoms with Gasteiger partial charge >= 0.3 is 0 Å². The lowest BCUT2D eigenvalue weighted by Crippen LogP contribution is -2.00. The van der Waals surface area contributed by atoms with E-state index in [1.807, 2.05) is 30.3 Å². The topological polar surface area (TPSA) is 18.5 Å². The molecule has 0 fully saturated rings. The van der Waals surface area contributed by atoms with Crippen LogP contribution in [0.3, 0.4) is 0 Å². The van der Waals surface area contributed by atoms with Gasteiger partial charge < -0.3 is 9.47 Å². The van der Waals surface area contributed by atoms with E-state index in [2.05, 4.69) is 28.9 Å². The zero-order valence-electron chi connectivity index (χ0n) is 12.3. The number of benzene rings is 2. The van der Waals surface area contributed by atoms with E-state index in [-0.39, 0.29) is 4.83 Å². The van der Waals surface area contributed by atoms with E-state index in [9.17, 15) is 0 Å². The Morgan fingerprint density at radius 3 is 2.38 bits per heavy atom. The van der Waals surface area contributed by atoms with Gasteiger partial charge in [0.25, 0.3) is 0 Å². The van der Waals surface area contributed by atoms with Gasteiger partial charge in [0.05, 0.1) is 14.2 Å². The van der Waals surface area contributed by atoms with Gasteiger partial charge in [-0.15, -0.1) is 0 Å². The summed E-state index contributed by atoms with van der Waals surface area (Å²) in [5.74, 6) is 1.50. The van der Waals surface area contributed by atoms with Gasteiger partial charge in [-0.2, -0.15) is 0 Å². The maximum atomic E-state index is 6.04. The van der Waals surface area contributed by atoms with E-state index in [4.69, 9.17) is 21.1 Å². The van der Waals surface area contributed by atoms with Crippen molar-refractivity contribution >= 4 is 27.5 Å². The minimum absolute atomic E-state index is 0.191. The Bertz CT molecular complexity index is 628. The maximum absolute atomic E-state index is 6.04. The molecule has 112 valence electrons. The molecular weight excluding hydrogens is 352 g/mol. The van der Waals surface area contributed by atoms with Crippen molar-refractivity contribution in [3.63, 3.8) is 0 Å². The molecule has 0 saturated carbocycles. The third-order valence-corrected chi connectivity index (χ3v) is 4.47. The van der Waals surface area contributed by atoms with E-state index in [0.29, 0.717) is 0 Å². The Balaban J connectivity index is 2.28. The highest BCUT2D eigenvalue weighted by molar-refractivity contribution is 9.09. The van der Waals surface area contributed by atoms with Gasteiger partial charge in [-0.3, -0.25) is 0 Å². The Morgan fingerprint density at radius 2 is 1.76 bits per heavy atom. The lowest BCUT2D eigenvalue weighted by molar-refractivity contribution is 0.354. The van der Waals surface area contributed by atoms with Gasteiger partial charge in [-0.1, -0.05) is 39.7 Å². The number of methoxy groups -OCH3 is 2. The zero-order chi connectivity index (χ0) is 15.4. The molecule has 2 aromatic carbocycles. The third-order valence-electron chi connectivity index (χ3n) is 3.41. The largest absolute Gasteiger partial charge is 0.493 e. The summed E-state index contributed by atoms with van der Waals surface area (Å²) in [6.45, 7) is 2.07. The molecule has 2 aromatic rings. The second-order valence-electron chi connectivity index (χ2n) is 4.87. The highest BCUT2D eigenvalue weighted by Gasteiger charge is 2.15. The molecule has 4 heteroatoms. The van der Waals surface area contributed by atoms with Crippen molar-refractivity contribution in [3.8, 4) is 11.5 Å². The first-order valence-corrected chi connectivity index (χ1v) is 7.95. The fraction of sp³-hybridized carbons (Fsp3) is 0.294. The molecule has 0 amide bonds. The Morgan fingerprint density at radius 1 is 1.10 bits per heavy atom. The monoisotopic (exact) mass is 368 g/mol. The summed E-state index contributed by atoms with van der Waals surface area (Å²) < 4.78 is 10.7. The molecule has 0 aliphatic rings. The minimum Gasteiger partial charge on any atom is -0.493 e. The molecule has 0 N–H and O–H groups in total. The van der Waals surface area contributed by atoms with Gasteiger partial charge in [-0.25, -0.2) is 0 Å². The quantitative estimate of drug-likeness (QED) is 0.662. The summed E-state index contributed by atoms with van der Waals surface area (Å²) >= 11 is 9.81. The number of alkyl halides is 1. The van der Waals surface area contributed by atoms with Crippen molar-refractivity contribution in [2.24, 2.45) is 0 Å². The molecule has 1 atom stereocenters. The van der Waals surface area contributed by atoms with Crippen molar-refractivity contribution in [2.75, 3.05) is 14.2 Å². The summed E-state index contributed by atoms with van der Waals surface area (Å²) in [4.78, 5) is 0.191. The van der Waals surface area contributed by atoms with Gasteiger partial charge in [-0.05, 0) is 54.3 Å². The Kier molecular flexibility index (Phi) is 5.54. The second-order valence-corrected chi connectivity index (χ2v) is 6.41. The first-order valence-electron chi connectivity index (χ1n) is 6.66. The Hall–Kier alpha value is -1.19. The van der Waals surface area contributed by atoms with Crippen molar-refractivity contribution < 1.29 is 9.47 Å². The molecule has 0 aliphatic carbocycles. The lowest BCUT2D eigenvalue weighted by atomic mass is 9.99. The van der Waals surface area contributed by atoms with Crippen molar-refractivity contribution in [3.05, 3.63) is 58.1 Å². The van der Waals surface area contributed by atoms with Crippen molar-refractivity contribution in [2.45, 2.75) is 18.2 Å². The second kappa shape index (κ2) is 7.19. The fourth-order valence-electron chi connectivity index (χ4n) is 2.31. The maximum Gasteiger partial charge on any atom is 0.161 e. The van der Waals surface area contributed by atoms with Crippen LogP contribution < -0.4 is 9.47 Å². The van der Waals surface area contributed by atoms with Crippen LogP contribution in [0.4, 0.5) is 0 Å². The van der Waals surface area contributed by atoms with E-state index >= 15 is 0 Å². The number of rotatable bonds is 5. The molecule has 0 saturated heterocycles. The van der Waals surface area contributed by atoms with Crippen LogP contribution in [0.25, 0.3) is 0 Å². The molecule has 0 aliphatic heterocycles. The van der Waals surface area contributed by atoms with Crippen molar-refractivity contribution in [1.29, 1.82) is 0 Å². The summed E-state index contributed by atoms with van der Waals surface area (Å²) in [6.07, 6.45) is 0.858. The molecule has 0 bridgehead atoms. The summed E-state index contributed by atoms with van der Waals surface area (Å²) in [5.41, 5.74) is 3.54. The summed E-state index contributed by atoms with van der Waals surface area (Å²) in [6, 6.07) is 12.0. The highest BCUT2D eigenvalue weighted by Crippen LogP contribution is 2.37. The standard InChI is InChI=1S/C17H18BrClO2/c1-11-7-16(20-2)17(21-3)10-14(11)15(18)9-12-5-4-6-13(19)8-12/h4-8,10,15H,9H2,1-3H3. The normalized spacial score (nSPS) is 12.0. The molecule has 0 aromatic heterocycles.